The van der Waals surface area contributed by atoms with Crippen LogP contribution in [-0.4, -0.2) is 0 Å². The molecule has 2 rings (SSSR count). The molecular weight excluding hydrogens is 156 g/mol. The lowest BCUT2D eigenvalue weighted by atomic mass is 10.4. The molecule has 1 aliphatic carbocycles. The van der Waals surface area contributed by atoms with Crippen LogP contribution in [0.1, 0.15) is 21.3 Å². The summed E-state index contributed by atoms with van der Waals surface area (Å²) >= 11 is 0. The van der Waals surface area contributed by atoms with Crippen LogP contribution in [0.2, 0.25) is 0 Å². The van der Waals surface area contributed by atoms with Gasteiger partial charge < -0.3 is 0 Å². The summed E-state index contributed by atoms with van der Waals surface area (Å²) < 4.78 is 0. The average Bonchev–Trinajstić information content (AvgIpc) is 2.64. The minimum absolute atomic E-state index is 0. The van der Waals surface area contributed by atoms with E-state index in [1.807, 2.05) is 36.4 Å². The van der Waals surface area contributed by atoms with Crippen molar-refractivity contribution in [3.63, 3.8) is 0 Å². The van der Waals surface area contributed by atoms with E-state index in [0.717, 1.165) is 6.42 Å². The van der Waals surface area contributed by atoms with E-state index in [0.29, 0.717) is 0 Å². The van der Waals surface area contributed by atoms with E-state index in [-0.39, 0.29) is 14.9 Å². The van der Waals surface area contributed by atoms with E-state index < -0.39 is 0 Å². The van der Waals surface area contributed by atoms with Crippen molar-refractivity contribution in [1.82, 2.24) is 0 Å². The second-order valence-corrected chi connectivity index (χ2v) is 2.25. The van der Waals surface area contributed by atoms with E-state index in [9.17, 15) is 0 Å². The normalized spacial score (nSPS) is 10.5. The number of hydrogen-bond donors (Lipinski definition) is 0. The highest BCUT2D eigenvalue weighted by molar-refractivity contribution is 5.12. The molecule has 0 radical (unpaired) electrons. The highest BCUT2D eigenvalue weighted by Gasteiger charge is 1.72. The first-order chi connectivity index (χ1) is 5.50. The van der Waals surface area contributed by atoms with Crippen molar-refractivity contribution in [3.8, 4) is 0 Å². The lowest BCUT2D eigenvalue weighted by molar-refractivity contribution is 1.45. The lowest BCUT2D eigenvalue weighted by Gasteiger charge is -1.69. The van der Waals surface area contributed by atoms with Crippen LogP contribution in [-0.2, 0) is 0 Å². The lowest BCUT2D eigenvalue weighted by Crippen LogP contribution is -1.47. The smallest absolute Gasteiger partial charge is 0.0163 e. The average molecular weight is 176 g/mol. The molecule has 0 aliphatic heterocycles. The molecule has 0 bridgehead atoms. The summed E-state index contributed by atoms with van der Waals surface area (Å²) in [5.41, 5.74) is 0. The van der Waals surface area contributed by atoms with Gasteiger partial charge in [-0.2, -0.15) is 0 Å². The Morgan fingerprint density at radius 1 is 0.538 bits per heavy atom. The van der Waals surface area contributed by atoms with Crippen molar-refractivity contribution in [2.75, 3.05) is 0 Å². The quantitative estimate of drug-likeness (QED) is 0.547. The summed E-state index contributed by atoms with van der Waals surface area (Å²) in [5, 5.41) is 0. The fraction of sp³-hybridized carbons (Fsp3) is 0.231. The Kier molecular flexibility index (Phi) is 11.7. The fourth-order valence-corrected chi connectivity index (χ4v) is 0.778. The largest absolute Gasteiger partial charge is 0.0808 e. The second kappa shape index (κ2) is 10.7. The van der Waals surface area contributed by atoms with E-state index in [1.165, 1.54) is 0 Å². The Hall–Kier alpha value is -1.30. The molecule has 0 nitrogen and oxygen atoms in total. The summed E-state index contributed by atoms with van der Waals surface area (Å²) in [6.45, 7) is 0. The van der Waals surface area contributed by atoms with Gasteiger partial charge in [-0.25, -0.2) is 0 Å². The summed E-state index contributed by atoms with van der Waals surface area (Å²) in [6, 6.07) is 12.0. The van der Waals surface area contributed by atoms with Gasteiger partial charge in [0.15, 0.2) is 0 Å². The standard InChI is InChI=1S/C6H6.C5H6.2CH4/c1-2-4-6-5-3-1;1-2-4-5-3-1;;/h1-6H;1-4H,5H2;2*1H4. The van der Waals surface area contributed by atoms with Crippen LogP contribution in [0.4, 0.5) is 0 Å². The van der Waals surface area contributed by atoms with Gasteiger partial charge in [-0.05, 0) is 6.42 Å². The van der Waals surface area contributed by atoms with Crippen LogP contribution in [0, 0.1) is 0 Å². The van der Waals surface area contributed by atoms with Crippen molar-refractivity contribution >= 4 is 0 Å². The topological polar surface area (TPSA) is 0 Å². The first kappa shape index (κ1) is 14.2. The Morgan fingerprint density at radius 3 is 1.00 bits per heavy atom. The SMILES string of the molecule is C.C.C1=CCC=C1.c1ccccc1. The fourth-order valence-electron chi connectivity index (χ4n) is 0.778. The summed E-state index contributed by atoms with van der Waals surface area (Å²) in [5.74, 6) is 0. The van der Waals surface area contributed by atoms with Crippen molar-refractivity contribution in [1.29, 1.82) is 0 Å². The van der Waals surface area contributed by atoms with Crippen molar-refractivity contribution in [3.05, 3.63) is 60.7 Å². The van der Waals surface area contributed by atoms with Crippen molar-refractivity contribution < 1.29 is 0 Å². The maximum atomic E-state index is 2.12. The van der Waals surface area contributed by atoms with Crippen LogP contribution >= 0.6 is 0 Å². The van der Waals surface area contributed by atoms with Crippen molar-refractivity contribution in [2.45, 2.75) is 21.3 Å². The molecule has 0 saturated carbocycles. The number of benzene rings is 1. The van der Waals surface area contributed by atoms with Gasteiger partial charge in [0, 0.05) is 0 Å². The molecule has 0 heteroatoms. The molecule has 0 heterocycles. The molecule has 0 unspecified atom stereocenters. The van der Waals surface area contributed by atoms with Crippen LogP contribution in [0.3, 0.4) is 0 Å². The maximum absolute atomic E-state index is 2.12. The molecule has 0 amide bonds. The third-order valence-electron chi connectivity index (χ3n) is 1.32. The number of hydrogen-bond acceptors (Lipinski definition) is 0. The molecule has 0 saturated heterocycles. The molecule has 72 valence electrons. The molecule has 0 N–H and O–H groups in total. The Labute approximate surface area is 82.6 Å². The van der Waals surface area contributed by atoms with Crippen LogP contribution < -0.4 is 0 Å². The Balaban J connectivity index is 0. The molecule has 0 fully saturated rings. The third-order valence-corrected chi connectivity index (χ3v) is 1.32. The van der Waals surface area contributed by atoms with Crippen molar-refractivity contribution in [2.24, 2.45) is 0 Å². The Bertz CT molecular complexity index is 182. The summed E-state index contributed by atoms with van der Waals surface area (Å²) in [6.07, 6.45) is 9.50. The van der Waals surface area contributed by atoms with Gasteiger partial charge >= 0.3 is 0 Å². The molecule has 0 spiro atoms. The first-order valence-electron chi connectivity index (χ1n) is 3.82. The van der Waals surface area contributed by atoms with Gasteiger partial charge in [-0.3, -0.25) is 0 Å². The van der Waals surface area contributed by atoms with E-state index in [1.54, 1.807) is 0 Å². The third kappa shape index (κ3) is 8.61. The highest BCUT2D eigenvalue weighted by Crippen LogP contribution is 1.93. The van der Waals surface area contributed by atoms with Crippen LogP contribution in [0.5, 0.6) is 0 Å². The minimum atomic E-state index is 0. The monoisotopic (exact) mass is 176 g/mol. The van der Waals surface area contributed by atoms with E-state index in [2.05, 4.69) is 24.3 Å². The van der Waals surface area contributed by atoms with E-state index in [4.69, 9.17) is 0 Å². The Morgan fingerprint density at radius 2 is 0.846 bits per heavy atom. The van der Waals surface area contributed by atoms with Gasteiger partial charge in [0.2, 0.25) is 0 Å². The molecule has 0 aromatic heterocycles. The number of rotatable bonds is 0. The molecule has 1 aliphatic rings. The zero-order chi connectivity index (χ0) is 7.78. The van der Waals surface area contributed by atoms with Gasteiger partial charge in [0.25, 0.3) is 0 Å². The van der Waals surface area contributed by atoms with Gasteiger partial charge in [0.1, 0.15) is 0 Å². The molecular formula is C13H20. The predicted octanol–water partition coefficient (Wildman–Crippen LogP) is 4.46. The van der Waals surface area contributed by atoms with Gasteiger partial charge in [0.05, 0.1) is 0 Å². The summed E-state index contributed by atoms with van der Waals surface area (Å²) in [7, 11) is 0. The minimum Gasteiger partial charge on any atom is -0.0808 e. The van der Waals surface area contributed by atoms with Crippen LogP contribution in [0.15, 0.2) is 60.7 Å². The first-order valence-corrected chi connectivity index (χ1v) is 3.82. The molecule has 0 atom stereocenters. The molecule has 1 aromatic rings. The zero-order valence-electron chi connectivity index (χ0n) is 6.48. The second-order valence-electron chi connectivity index (χ2n) is 2.25. The highest BCUT2D eigenvalue weighted by atomic mass is 13.8. The van der Waals surface area contributed by atoms with Gasteiger partial charge in [-0.15, -0.1) is 0 Å². The molecule has 13 heavy (non-hydrogen) atoms. The predicted molar refractivity (Wildman–Crippen MR) is 62.8 cm³/mol. The molecule has 1 aromatic carbocycles. The van der Waals surface area contributed by atoms with E-state index >= 15 is 0 Å². The van der Waals surface area contributed by atoms with Crippen LogP contribution in [0.25, 0.3) is 0 Å². The maximum Gasteiger partial charge on any atom is -0.0163 e. The summed E-state index contributed by atoms with van der Waals surface area (Å²) in [4.78, 5) is 0. The zero-order valence-corrected chi connectivity index (χ0v) is 6.48. The van der Waals surface area contributed by atoms with Gasteiger partial charge in [-0.1, -0.05) is 75.6 Å². The number of allylic oxidation sites excluding steroid dienone is 4.